The zero-order valence-corrected chi connectivity index (χ0v) is 6.16. The third kappa shape index (κ3) is 1.83. The molecule has 0 aromatic carbocycles. The standard InChI is InChI=1S/C6H11N3O2/c7-6(10)9-3-1-5(8-11)2-4-9/h11H,1-4H2,(H2,7,10). The van der Waals surface area contributed by atoms with Crippen molar-refractivity contribution in [2.75, 3.05) is 13.1 Å². The van der Waals surface area contributed by atoms with Gasteiger partial charge < -0.3 is 15.8 Å². The van der Waals surface area contributed by atoms with Crippen LogP contribution in [0.25, 0.3) is 0 Å². The van der Waals surface area contributed by atoms with Gasteiger partial charge in [0.05, 0.1) is 5.71 Å². The lowest BCUT2D eigenvalue weighted by Crippen LogP contribution is -2.41. The third-order valence-corrected chi connectivity index (χ3v) is 1.79. The zero-order valence-electron chi connectivity index (χ0n) is 6.16. The van der Waals surface area contributed by atoms with Crippen molar-refractivity contribution in [1.29, 1.82) is 0 Å². The molecule has 11 heavy (non-hydrogen) atoms. The van der Waals surface area contributed by atoms with Crippen molar-refractivity contribution in [3.63, 3.8) is 0 Å². The number of likely N-dealkylation sites (tertiary alicyclic amines) is 1. The Kier molecular flexibility index (Phi) is 2.30. The monoisotopic (exact) mass is 157 g/mol. The quantitative estimate of drug-likeness (QED) is 0.383. The maximum atomic E-state index is 10.6. The number of hydrogen-bond donors (Lipinski definition) is 2. The number of amides is 2. The first kappa shape index (κ1) is 7.84. The second kappa shape index (κ2) is 3.23. The molecule has 1 aliphatic heterocycles. The van der Waals surface area contributed by atoms with E-state index in [0.29, 0.717) is 25.9 Å². The summed E-state index contributed by atoms with van der Waals surface area (Å²) in [6.45, 7) is 1.13. The van der Waals surface area contributed by atoms with E-state index in [1.165, 1.54) is 4.90 Å². The predicted molar refractivity (Wildman–Crippen MR) is 39.6 cm³/mol. The van der Waals surface area contributed by atoms with E-state index in [9.17, 15) is 4.79 Å². The molecule has 0 unspecified atom stereocenters. The minimum absolute atomic E-state index is 0.401. The maximum Gasteiger partial charge on any atom is 0.314 e. The molecule has 5 heteroatoms. The molecule has 0 radical (unpaired) electrons. The summed E-state index contributed by atoms with van der Waals surface area (Å²) in [7, 11) is 0. The second-order valence-electron chi connectivity index (χ2n) is 2.49. The molecule has 0 aromatic heterocycles. The predicted octanol–water partition coefficient (Wildman–Crippen LogP) is -0.00890. The molecule has 0 saturated carbocycles. The smallest absolute Gasteiger partial charge is 0.314 e. The number of hydrogen-bond acceptors (Lipinski definition) is 3. The first-order valence-electron chi connectivity index (χ1n) is 3.48. The van der Waals surface area contributed by atoms with Crippen LogP contribution in [-0.2, 0) is 0 Å². The van der Waals surface area contributed by atoms with E-state index in [0.717, 1.165) is 5.71 Å². The van der Waals surface area contributed by atoms with Gasteiger partial charge in [-0.15, -0.1) is 0 Å². The summed E-state index contributed by atoms with van der Waals surface area (Å²) in [5.41, 5.74) is 5.78. The van der Waals surface area contributed by atoms with Crippen molar-refractivity contribution in [3.8, 4) is 0 Å². The van der Waals surface area contributed by atoms with Crippen LogP contribution >= 0.6 is 0 Å². The summed E-state index contributed by atoms with van der Waals surface area (Å²) >= 11 is 0. The minimum atomic E-state index is -0.401. The van der Waals surface area contributed by atoms with Crippen LogP contribution in [0, 0.1) is 0 Å². The number of piperidine rings is 1. The van der Waals surface area contributed by atoms with Crippen LogP contribution < -0.4 is 5.73 Å². The number of oxime groups is 1. The highest BCUT2D eigenvalue weighted by molar-refractivity contribution is 5.86. The molecule has 0 atom stereocenters. The Bertz CT molecular complexity index is 180. The van der Waals surface area contributed by atoms with E-state index in [2.05, 4.69) is 5.16 Å². The summed E-state index contributed by atoms with van der Waals surface area (Å²) in [4.78, 5) is 12.1. The molecule has 2 amide bonds. The number of carbonyl (C=O) groups excluding carboxylic acids is 1. The molecule has 62 valence electrons. The topological polar surface area (TPSA) is 78.9 Å². The van der Waals surface area contributed by atoms with Crippen LogP contribution in [0.15, 0.2) is 5.16 Å². The highest BCUT2D eigenvalue weighted by Crippen LogP contribution is 2.05. The number of primary amides is 1. The molecule has 1 saturated heterocycles. The zero-order chi connectivity index (χ0) is 8.27. The number of rotatable bonds is 0. The summed E-state index contributed by atoms with van der Waals surface area (Å²) in [5, 5.41) is 11.4. The van der Waals surface area contributed by atoms with E-state index >= 15 is 0 Å². The second-order valence-corrected chi connectivity index (χ2v) is 2.49. The summed E-state index contributed by atoms with van der Waals surface area (Å²) in [6.07, 6.45) is 1.25. The largest absolute Gasteiger partial charge is 0.411 e. The van der Waals surface area contributed by atoms with Crippen LogP contribution in [0.5, 0.6) is 0 Å². The number of nitrogens with two attached hydrogens (primary N) is 1. The fourth-order valence-corrected chi connectivity index (χ4v) is 1.09. The van der Waals surface area contributed by atoms with Crippen molar-refractivity contribution in [2.24, 2.45) is 10.9 Å². The van der Waals surface area contributed by atoms with Gasteiger partial charge in [-0.05, 0) is 0 Å². The summed E-state index contributed by atoms with van der Waals surface area (Å²) < 4.78 is 0. The van der Waals surface area contributed by atoms with Crippen LogP contribution in [0.1, 0.15) is 12.8 Å². The van der Waals surface area contributed by atoms with Crippen molar-refractivity contribution in [2.45, 2.75) is 12.8 Å². The molecule has 0 bridgehead atoms. The van der Waals surface area contributed by atoms with Crippen LogP contribution in [0.2, 0.25) is 0 Å². The fourth-order valence-electron chi connectivity index (χ4n) is 1.09. The molecule has 0 aromatic rings. The molecule has 0 spiro atoms. The van der Waals surface area contributed by atoms with Gasteiger partial charge in [-0.2, -0.15) is 0 Å². The van der Waals surface area contributed by atoms with E-state index in [4.69, 9.17) is 10.9 Å². The lowest BCUT2D eigenvalue weighted by atomic mass is 10.1. The SMILES string of the molecule is NC(=O)N1CCC(=NO)CC1. The van der Waals surface area contributed by atoms with Crippen LogP contribution in [-0.4, -0.2) is 34.9 Å². The van der Waals surface area contributed by atoms with E-state index in [-0.39, 0.29) is 0 Å². The maximum absolute atomic E-state index is 10.6. The van der Waals surface area contributed by atoms with Gasteiger partial charge in [-0.25, -0.2) is 4.79 Å². The highest BCUT2D eigenvalue weighted by Gasteiger charge is 2.17. The van der Waals surface area contributed by atoms with Gasteiger partial charge in [0.2, 0.25) is 0 Å². The van der Waals surface area contributed by atoms with Crippen molar-refractivity contribution >= 4 is 11.7 Å². The minimum Gasteiger partial charge on any atom is -0.411 e. The Morgan fingerprint density at radius 1 is 1.55 bits per heavy atom. The molecular weight excluding hydrogens is 146 g/mol. The van der Waals surface area contributed by atoms with Crippen LogP contribution in [0.3, 0.4) is 0 Å². The molecule has 1 fully saturated rings. The van der Waals surface area contributed by atoms with Crippen molar-refractivity contribution in [1.82, 2.24) is 4.90 Å². The van der Waals surface area contributed by atoms with Crippen molar-refractivity contribution < 1.29 is 10.0 Å². The Morgan fingerprint density at radius 2 is 2.09 bits per heavy atom. The Morgan fingerprint density at radius 3 is 2.45 bits per heavy atom. The molecule has 1 rings (SSSR count). The van der Waals surface area contributed by atoms with Gasteiger partial charge in [0.25, 0.3) is 0 Å². The van der Waals surface area contributed by atoms with Crippen LogP contribution in [0.4, 0.5) is 4.79 Å². The van der Waals surface area contributed by atoms with Gasteiger partial charge in [0.1, 0.15) is 0 Å². The number of carbonyl (C=O) groups is 1. The Labute approximate surface area is 64.5 Å². The molecule has 1 heterocycles. The van der Waals surface area contributed by atoms with Gasteiger partial charge in [-0.3, -0.25) is 0 Å². The number of urea groups is 1. The average molecular weight is 157 g/mol. The Balaban J connectivity index is 2.42. The van der Waals surface area contributed by atoms with Gasteiger partial charge in [0.15, 0.2) is 0 Å². The summed E-state index contributed by atoms with van der Waals surface area (Å²) in [5.74, 6) is 0. The Hall–Kier alpha value is -1.26. The first-order chi connectivity index (χ1) is 5.24. The molecule has 0 aliphatic carbocycles. The van der Waals surface area contributed by atoms with E-state index in [1.807, 2.05) is 0 Å². The normalized spacial score (nSPS) is 18.2. The fraction of sp³-hybridized carbons (Fsp3) is 0.667. The van der Waals surface area contributed by atoms with Gasteiger partial charge in [0, 0.05) is 25.9 Å². The highest BCUT2D eigenvalue weighted by atomic mass is 16.4. The summed E-state index contributed by atoms with van der Waals surface area (Å²) in [6, 6.07) is -0.401. The molecule has 3 N–H and O–H groups in total. The first-order valence-corrected chi connectivity index (χ1v) is 3.48. The van der Waals surface area contributed by atoms with E-state index in [1.54, 1.807) is 0 Å². The molecule has 5 nitrogen and oxygen atoms in total. The lowest BCUT2D eigenvalue weighted by molar-refractivity contribution is 0.206. The molecule has 1 aliphatic rings. The van der Waals surface area contributed by atoms with Gasteiger partial charge >= 0.3 is 6.03 Å². The van der Waals surface area contributed by atoms with Gasteiger partial charge in [-0.1, -0.05) is 5.16 Å². The molecular formula is C6H11N3O2. The average Bonchev–Trinajstić information content (AvgIpc) is 2.05. The van der Waals surface area contributed by atoms with E-state index < -0.39 is 6.03 Å². The van der Waals surface area contributed by atoms with Crippen molar-refractivity contribution in [3.05, 3.63) is 0 Å². The number of nitrogens with zero attached hydrogens (tertiary/aromatic N) is 2. The third-order valence-electron chi connectivity index (χ3n) is 1.79. The lowest BCUT2D eigenvalue weighted by Gasteiger charge is -2.24.